The second-order valence-corrected chi connectivity index (χ2v) is 4.92. The molecule has 1 atom stereocenters. The lowest BCUT2D eigenvalue weighted by Gasteiger charge is -2.21. The highest BCUT2D eigenvalue weighted by molar-refractivity contribution is 4.87. The molecule has 0 aliphatic heterocycles. The molecule has 0 bridgehead atoms. The summed E-state index contributed by atoms with van der Waals surface area (Å²) in [4.78, 5) is 4.08. The van der Waals surface area contributed by atoms with Crippen molar-refractivity contribution in [2.24, 2.45) is 12.5 Å². The van der Waals surface area contributed by atoms with E-state index in [4.69, 9.17) is 0 Å². The van der Waals surface area contributed by atoms with Gasteiger partial charge in [-0.25, -0.2) is 4.98 Å². The summed E-state index contributed by atoms with van der Waals surface area (Å²) >= 11 is 0. The smallest absolute Gasteiger partial charge is 0.138 e. The summed E-state index contributed by atoms with van der Waals surface area (Å²) in [7, 11) is 1.84. The largest absolute Gasteiger partial charge is 0.393 e. The fraction of sp³-hybridized carbons (Fsp3) is 0.800. The van der Waals surface area contributed by atoms with Crippen molar-refractivity contribution in [1.29, 1.82) is 0 Å². The Morgan fingerprint density at radius 1 is 1.50 bits per heavy atom. The molecule has 0 saturated heterocycles. The van der Waals surface area contributed by atoms with Gasteiger partial charge in [-0.15, -0.1) is 0 Å². The van der Waals surface area contributed by atoms with E-state index in [9.17, 15) is 5.11 Å². The van der Waals surface area contributed by atoms with E-state index < -0.39 is 0 Å². The molecule has 1 unspecified atom stereocenters. The molecule has 0 spiro atoms. The van der Waals surface area contributed by atoms with Gasteiger partial charge >= 0.3 is 0 Å². The summed E-state index contributed by atoms with van der Waals surface area (Å²) in [6.45, 7) is 6.35. The molecule has 80 valence electrons. The van der Waals surface area contributed by atoms with Gasteiger partial charge in [0.1, 0.15) is 12.2 Å². The second-order valence-electron chi connectivity index (χ2n) is 4.92. The van der Waals surface area contributed by atoms with Crippen LogP contribution in [0.2, 0.25) is 0 Å². The van der Waals surface area contributed by atoms with Crippen molar-refractivity contribution in [1.82, 2.24) is 14.8 Å². The van der Waals surface area contributed by atoms with Crippen LogP contribution in [0.4, 0.5) is 0 Å². The molecule has 1 N–H and O–H groups in total. The predicted octanol–water partition coefficient (Wildman–Crippen LogP) is 1.15. The Hall–Kier alpha value is -0.900. The standard InChI is InChI=1S/C10H19N3O/c1-10(2,3)6-8(14)5-9-11-7-12-13(9)4/h7-8,14H,5-6H2,1-4H3. The van der Waals surface area contributed by atoms with Gasteiger partial charge in [0.15, 0.2) is 0 Å². The molecular formula is C10H19N3O. The van der Waals surface area contributed by atoms with Gasteiger partial charge in [0.25, 0.3) is 0 Å². The molecule has 0 aliphatic rings. The minimum atomic E-state index is -0.335. The first-order chi connectivity index (χ1) is 6.38. The van der Waals surface area contributed by atoms with Crippen molar-refractivity contribution in [3.05, 3.63) is 12.2 Å². The van der Waals surface area contributed by atoms with Crippen LogP contribution in [0.3, 0.4) is 0 Å². The number of aromatic nitrogens is 3. The first kappa shape index (κ1) is 11.2. The fourth-order valence-electron chi connectivity index (χ4n) is 1.49. The quantitative estimate of drug-likeness (QED) is 0.791. The highest BCUT2D eigenvalue weighted by atomic mass is 16.3. The summed E-state index contributed by atoms with van der Waals surface area (Å²) in [5, 5.41) is 13.8. The number of aliphatic hydroxyl groups excluding tert-OH is 1. The van der Waals surface area contributed by atoms with Crippen LogP contribution < -0.4 is 0 Å². The molecule has 0 radical (unpaired) electrons. The minimum absolute atomic E-state index is 0.151. The number of hydrogen-bond acceptors (Lipinski definition) is 3. The van der Waals surface area contributed by atoms with Crippen molar-refractivity contribution < 1.29 is 5.11 Å². The highest BCUT2D eigenvalue weighted by Gasteiger charge is 2.18. The lowest BCUT2D eigenvalue weighted by Crippen LogP contribution is -2.21. The molecule has 0 fully saturated rings. The summed E-state index contributed by atoms with van der Waals surface area (Å²) in [5.41, 5.74) is 0.151. The first-order valence-electron chi connectivity index (χ1n) is 4.89. The van der Waals surface area contributed by atoms with Crippen molar-refractivity contribution >= 4 is 0 Å². The highest BCUT2D eigenvalue weighted by Crippen LogP contribution is 2.21. The molecule has 0 saturated carbocycles. The maximum absolute atomic E-state index is 9.80. The molecule has 0 aromatic carbocycles. The minimum Gasteiger partial charge on any atom is -0.393 e. The maximum Gasteiger partial charge on any atom is 0.138 e. The Kier molecular flexibility index (Phi) is 3.26. The molecule has 14 heavy (non-hydrogen) atoms. The summed E-state index contributed by atoms with van der Waals surface area (Å²) in [5.74, 6) is 0.835. The second kappa shape index (κ2) is 4.09. The summed E-state index contributed by atoms with van der Waals surface area (Å²) < 4.78 is 1.70. The zero-order valence-electron chi connectivity index (χ0n) is 9.36. The van der Waals surface area contributed by atoms with Gasteiger partial charge in [0.2, 0.25) is 0 Å². The van der Waals surface area contributed by atoms with Crippen LogP contribution >= 0.6 is 0 Å². The summed E-state index contributed by atoms with van der Waals surface area (Å²) in [6, 6.07) is 0. The molecule has 0 amide bonds. The van der Waals surface area contributed by atoms with E-state index in [0.717, 1.165) is 12.2 Å². The molecule has 4 nitrogen and oxygen atoms in total. The number of rotatable bonds is 3. The first-order valence-corrected chi connectivity index (χ1v) is 4.89. The van der Waals surface area contributed by atoms with Gasteiger partial charge in [-0.3, -0.25) is 4.68 Å². The number of nitrogens with zero attached hydrogens (tertiary/aromatic N) is 3. The van der Waals surface area contributed by atoms with Crippen molar-refractivity contribution in [3.63, 3.8) is 0 Å². The number of aliphatic hydroxyl groups is 1. The number of hydrogen-bond donors (Lipinski definition) is 1. The van der Waals surface area contributed by atoms with Gasteiger partial charge in [-0.1, -0.05) is 20.8 Å². The zero-order chi connectivity index (χ0) is 10.8. The van der Waals surface area contributed by atoms with E-state index in [1.165, 1.54) is 6.33 Å². The molecule has 1 aromatic rings. The fourth-order valence-corrected chi connectivity index (χ4v) is 1.49. The van der Waals surface area contributed by atoms with Crippen LogP contribution in [-0.2, 0) is 13.5 Å². The van der Waals surface area contributed by atoms with Crippen molar-refractivity contribution in [2.75, 3.05) is 0 Å². The molecule has 1 heterocycles. The van der Waals surface area contributed by atoms with Gasteiger partial charge in [-0.05, 0) is 11.8 Å². The Labute approximate surface area is 85.0 Å². The van der Waals surface area contributed by atoms with E-state index in [2.05, 4.69) is 30.9 Å². The molecule has 4 heteroatoms. The SMILES string of the molecule is Cn1ncnc1CC(O)CC(C)(C)C. The maximum atomic E-state index is 9.80. The van der Waals surface area contributed by atoms with Crippen molar-refractivity contribution in [3.8, 4) is 0 Å². The van der Waals surface area contributed by atoms with E-state index in [-0.39, 0.29) is 11.5 Å². The third kappa shape index (κ3) is 3.46. The van der Waals surface area contributed by atoms with Gasteiger partial charge in [0, 0.05) is 13.5 Å². The van der Waals surface area contributed by atoms with E-state index in [1.807, 2.05) is 7.05 Å². The van der Waals surface area contributed by atoms with E-state index in [0.29, 0.717) is 6.42 Å². The van der Waals surface area contributed by atoms with Crippen LogP contribution in [0, 0.1) is 5.41 Å². The average Bonchev–Trinajstić information content (AvgIpc) is 2.32. The molecular weight excluding hydrogens is 178 g/mol. The monoisotopic (exact) mass is 197 g/mol. The van der Waals surface area contributed by atoms with Gasteiger partial charge in [0.05, 0.1) is 6.10 Å². The Morgan fingerprint density at radius 3 is 2.57 bits per heavy atom. The van der Waals surface area contributed by atoms with Crippen LogP contribution in [0.5, 0.6) is 0 Å². The zero-order valence-corrected chi connectivity index (χ0v) is 9.36. The lowest BCUT2D eigenvalue weighted by atomic mass is 9.88. The third-order valence-electron chi connectivity index (χ3n) is 2.07. The Morgan fingerprint density at radius 2 is 2.14 bits per heavy atom. The molecule has 0 aliphatic carbocycles. The third-order valence-corrected chi connectivity index (χ3v) is 2.07. The average molecular weight is 197 g/mol. The number of aryl methyl sites for hydroxylation is 1. The van der Waals surface area contributed by atoms with Crippen LogP contribution in [-0.4, -0.2) is 26.0 Å². The normalized spacial score (nSPS) is 14.4. The van der Waals surface area contributed by atoms with Crippen LogP contribution in [0.25, 0.3) is 0 Å². The molecule has 1 rings (SSSR count). The van der Waals surface area contributed by atoms with Gasteiger partial charge in [-0.2, -0.15) is 5.10 Å². The topological polar surface area (TPSA) is 50.9 Å². The lowest BCUT2D eigenvalue weighted by molar-refractivity contribution is 0.118. The Balaban J connectivity index is 2.50. The van der Waals surface area contributed by atoms with E-state index in [1.54, 1.807) is 4.68 Å². The van der Waals surface area contributed by atoms with Crippen LogP contribution in [0.1, 0.15) is 33.0 Å². The van der Waals surface area contributed by atoms with Crippen molar-refractivity contribution in [2.45, 2.75) is 39.7 Å². The van der Waals surface area contributed by atoms with Crippen LogP contribution in [0.15, 0.2) is 6.33 Å². The van der Waals surface area contributed by atoms with Gasteiger partial charge < -0.3 is 5.11 Å². The van der Waals surface area contributed by atoms with E-state index >= 15 is 0 Å². The molecule has 1 aromatic heterocycles. The Bertz CT molecular complexity index is 288. The summed E-state index contributed by atoms with van der Waals surface area (Å²) in [6.07, 6.45) is 2.53. The predicted molar refractivity (Wildman–Crippen MR) is 54.8 cm³/mol.